The molecule has 3 nitrogen and oxygen atoms in total. The number of fused-ring (bicyclic) bond motifs is 2. The molecule has 0 saturated carbocycles. The lowest BCUT2D eigenvalue weighted by Crippen LogP contribution is -2.05. The summed E-state index contributed by atoms with van der Waals surface area (Å²) in [5.74, 6) is -0.363. The topological polar surface area (TPSA) is 50.2 Å². The highest BCUT2D eigenvalue weighted by molar-refractivity contribution is 6.06. The van der Waals surface area contributed by atoms with E-state index >= 15 is 0 Å². The molecule has 0 radical (unpaired) electrons. The number of hydrogen-bond donors (Lipinski definition) is 1. The second kappa shape index (κ2) is 6.41. The van der Waals surface area contributed by atoms with Gasteiger partial charge in [-0.1, -0.05) is 56.3 Å². The molecule has 0 spiro atoms. The molecule has 1 aliphatic rings. The van der Waals surface area contributed by atoms with E-state index in [1.165, 1.54) is 5.56 Å². The molecule has 1 aromatic heterocycles. The Labute approximate surface area is 153 Å². The Morgan fingerprint density at radius 1 is 1.08 bits per heavy atom. The van der Waals surface area contributed by atoms with Gasteiger partial charge in [-0.25, -0.2) is 9.78 Å². The maximum absolute atomic E-state index is 11.9. The Bertz CT molecular complexity index is 1030. The first-order valence-corrected chi connectivity index (χ1v) is 9.00. The molecule has 0 amide bonds. The van der Waals surface area contributed by atoms with Gasteiger partial charge < -0.3 is 5.11 Å². The fraction of sp³-hybridized carbons (Fsp3) is 0.217. The number of nitrogens with zero attached hydrogens (tertiary/aromatic N) is 1. The van der Waals surface area contributed by atoms with E-state index in [0.717, 1.165) is 46.1 Å². The van der Waals surface area contributed by atoms with Gasteiger partial charge in [0.25, 0.3) is 0 Å². The third-order valence-corrected chi connectivity index (χ3v) is 5.10. The lowest BCUT2D eigenvalue weighted by atomic mass is 9.99. The molecule has 0 saturated heterocycles. The molecule has 1 heterocycles. The smallest absolute Gasteiger partial charge is 0.336 e. The number of hydrogen-bond acceptors (Lipinski definition) is 2. The number of carboxylic acid groups (broad SMARTS) is 1. The Hall–Kier alpha value is -2.94. The first-order chi connectivity index (χ1) is 12.5. The van der Waals surface area contributed by atoms with Crippen LogP contribution in [-0.4, -0.2) is 16.1 Å². The lowest BCUT2D eigenvalue weighted by Gasteiger charge is -2.09. The summed E-state index contributed by atoms with van der Waals surface area (Å²) in [6.07, 6.45) is 3.69. The number of aromatic nitrogens is 1. The van der Waals surface area contributed by atoms with Crippen LogP contribution in [0.25, 0.3) is 22.6 Å². The van der Waals surface area contributed by atoms with E-state index in [0.29, 0.717) is 11.5 Å². The first-order valence-electron chi connectivity index (χ1n) is 9.00. The molecule has 3 aromatic rings. The van der Waals surface area contributed by atoms with Crippen molar-refractivity contribution in [3.05, 3.63) is 76.5 Å². The normalized spacial score (nSPS) is 15.0. The summed E-state index contributed by atoms with van der Waals surface area (Å²) in [5.41, 5.74) is 6.41. The van der Waals surface area contributed by atoms with Crippen molar-refractivity contribution in [1.29, 1.82) is 0 Å². The van der Waals surface area contributed by atoms with Crippen LogP contribution >= 0.6 is 0 Å². The standard InChI is InChI=1S/C23H21NO2/c1-14(2)16-9-7-15(8-10-16)13-17-11-12-19-21(23(25)26)18-5-3-4-6-20(18)24-22(17)19/h3-10,13-14H,11-12H2,1-2H3,(H,25,26)/b17-13+. The maximum atomic E-state index is 11.9. The Balaban J connectivity index is 1.83. The van der Waals surface area contributed by atoms with Crippen molar-refractivity contribution in [3.8, 4) is 0 Å². The minimum absolute atomic E-state index is 0.407. The summed E-state index contributed by atoms with van der Waals surface area (Å²) in [7, 11) is 0. The number of pyridine rings is 1. The van der Waals surface area contributed by atoms with Gasteiger partial charge in [-0.2, -0.15) is 0 Å². The van der Waals surface area contributed by atoms with E-state index in [4.69, 9.17) is 4.98 Å². The molecule has 3 heteroatoms. The van der Waals surface area contributed by atoms with E-state index in [-0.39, 0.29) is 0 Å². The quantitative estimate of drug-likeness (QED) is 0.679. The van der Waals surface area contributed by atoms with Crippen molar-refractivity contribution in [3.63, 3.8) is 0 Å². The van der Waals surface area contributed by atoms with Gasteiger partial charge in [-0.3, -0.25) is 0 Å². The van der Waals surface area contributed by atoms with Crippen molar-refractivity contribution in [2.75, 3.05) is 0 Å². The number of rotatable bonds is 3. The van der Waals surface area contributed by atoms with Crippen LogP contribution in [0.2, 0.25) is 0 Å². The van der Waals surface area contributed by atoms with Crippen LogP contribution in [0.5, 0.6) is 0 Å². The van der Waals surface area contributed by atoms with Crippen LogP contribution in [0.4, 0.5) is 0 Å². The fourth-order valence-corrected chi connectivity index (χ4v) is 3.70. The van der Waals surface area contributed by atoms with Crippen molar-refractivity contribution < 1.29 is 9.90 Å². The summed E-state index contributed by atoms with van der Waals surface area (Å²) >= 11 is 0. The second-order valence-corrected chi connectivity index (χ2v) is 7.13. The van der Waals surface area contributed by atoms with E-state index in [1.54, 1.807) is 0 Å². The van der Waals surface area contributed by atoms with Crippen LogP contribution < -0.4 is 0 Å². The highest BCUT2D eigenvalue weighted by atomic mass is 16.4. The predicted octanol–water partition coefficient (Wildman–Crippen LogP) is 5.54. The van der Waals surface area contributed by atoms with E-state index in [2.05, 4.69) is 44.2 Å². The van der Waals surface area contributed by atoms with Gasteiger partial charge in [0.2, 0.25) is 0 Å². The zero-order valence-electron chi connectivity index (χ0n) is 15.0. The number of para-hydroxylation sites is 1. The summed E-state index contributed by atoms with van der Waals surface area (Å²) in [4.78, 5) is 16.7. The molecule has 0 bridgehead atoms. The first kappa shape index (κ1) is 16.5. The minimum Gasteiger partial charge on any atom is -0.478 e. The summed E-state index contributed by atoms with van der Waals surface area (Å²) < 4.78 is 0. The van der Waals surface area contributed by atoms with Crippen LogP contribution in [0.1, 0.15) is 58.9 Å². The number of benzene rings is 2. The predicted molar refractivity (Wildman–Crippen MR) is 105 cm³/mol. The molecule has 0 aliphatic heterocycles. The average Bonchev–Trinajstić information content (AvgIpc) is 3.02. The summed E-state index contributed by atoms with van der Waals surface area (Å²) in [6.45, 7) is 4.37. The second-order valence-electron chi connectivity index (χ2n) is 7.13. The fourth-order valence-electron chi connectivity index (χ4n) is 3.70. The molecule has 4 rings (SSSR count). The molecule has 26 heavy (non-hydrogen) atoms. The zero-order valence-corrected chi connectivity index (χ0v) is 15.0. The van der Waals surface area contributed by atoms with E-state index in [9.17, 15) is 9.90 Å². The maximum Gasteiger partial charge on any atom is 0.336 e. The molecule has 0 unspecified atom stereocenters. The third kappa shape index (κ3) is 2.80. The van der Waals surface area contributed by atoms with Crippen LogP contribution in [0.3, 0.4) is 0 Å². The molecule has 0 atom stereocenters. The lowest BCUT2D eigenvalue weighted by molar-refractivity contribution is 0.0698. The molecule has 2 aromatic carbocycles. The Morgan fingerprint density at radius 3 is 2.50 bits per heavy atom. The molecule has 0 fully saturated rings. The molecular formula is C23H21NO2. The van der Waals surface area contributed by atoms with Crippen molar-refractivity contribution in [2.45, 2.75) is 32.6 Å². The van der Waals surface area contributed by atoms with Crippen LogP contribution in [0, 0.1) is 0 Å². The van der Waals surface area contributed by atoms with E-state index in [1.807, 2.05) is 24.3 Å². The van der Waals surface area contributed by atoms with Gasteiger partial charge in [-0.05, 0) is 53.2 Å². The van der Waals surface area contributed by atoms with Gasteiger partial charge in [0, 0.05) is 5.39 Å². The number of aromatic carboxylic acids is 1. The molecule has 1 aliphatic carbocycles. The highest BCUT2D eigenvalue weighted by Crippen LogP contribution is 2.37. The monoisotopic (exact) mass is 343 g/mol. The van der Waals surface area contributed by atoms with Gasteiger partial charge >= 0.3 is 5.97 Å². The van der Waals surface area contributed by atoms with Gasteiger partial charge in [0.05, 0.1) is 16.8 Å². The number of carbonyl (C=O) groups is 1. The largest absolute Gasteiger partial charge is 0.478 e. The Morgan fingerprint density at radius 2 is 1.81 bits per heavy atom. The van der Waals surface area contributed by atoms with Gasteiger partial charge in [0.15, 0.2) is 0 Å². The molecule has 130 valence electrons. The minimum atomic E-state index is -0.873. The van der Waals surface area contributed by atoms with Gasteiger partial charge in [-0.15, -0.1) is 0 Å². The summed E-state index contributed by atoms with van der Waals surface area (Å²) in [6, 6.07) is 16.1. The van der Waals surface area contributed by atoms with Crippen molar-refractivity contribution >= 4 is 28.5 Å². The van der Waals surface area contributed by atoms with Crippen molar-refractivity contribution in [2.24, 2.45) is 0 Å². The number of allylic oxidation sites excluding steroid dienone is 1. The average molecular weight is 343 g/mol. The SMILES string of the molecule is CC(C)c1ccc(/C=C2\CCc3c2nc2ccccc2c3C(=O)O)cc1. The highest BCUT2D eigenvalue weighted by Gasteiger charge is 2.26. The van der Waals surface area contributed by atoms with E-state index < -0.39 is 5.97 Å². The molecule has 1 N–H and O–H groups in total. The van der Waals surface area contributed by atoms with Crippen LogP contribution in [0.15, 0.2) is 48.5 Å². The molecular weight excluding hydrogens is 322 g/mol. The zero-order chi connectivity index (χ0) is 18.3. The van der Waals surface area contributed by atoms with Crippen molar-refractivity contribution in [1.82, 2.24) is 4.98 Å². The Kier molecular flexibility index (Phi) is 4.08. The van der Waals surface area contributed by atoms with Crippen LogP contribution in [-0.2, 0) is 6.42 Å². The third-order valence-electron chi connectivity index (χ3n) is 5.10. The van der Waals surface area contributed by atoms with Gasteiger partial charge in [0.1, 0.15) is 0 Å². The number of carboxylic acids is 1. The summed E-state index contributed by atoms with van der Waals surface area (Å²) in [5, 5.41) is 10.5.